The molecule has 0 aliphatic carbocycles. The SMILES string of the molecule is COc1nn(C(=O)O)c2ccc(O)cc12. The molecule has 2 N–H and O–H groups in total. The van der Waals surface area contributed by atoms with Crippen LogP contribution < -0.4 is 4.74 Å². The molecule has 0 saturated heterocycles. The average Bonchev–Trinajstić information content (AvgIpc) is 2.55. The Kier molecular flexibility index (Phi) is 1.96. The lowest BCUT2D eigenvalue weighted by Crippen LogP contribution is -2.09. The molecule has 0 fully saturated rings. The van der Waals surface area contributed by atoms with E-state index in [0.717, 1.165) is 4.68 Å². The first-order chi connectivity index (χ1) is 7.13. The Labute approximate surface area is 84.3 Å². The van der Waals surface area contributed by atoms with Crippen LogP contribution in [-0.4, -0.2) is 33.2 Å². The van der Waals surface area contributed by atoms with Gasteiger partial charge in [0.1, 0.15) is 5.75 Å². The molecule has 2 rings (SSSR count). The summed E-state index contributed by atoms with van der Waals surface area (Å²) in [5, 5.41) is 22.3. The average molecular weight is 208 g/mol. The van der Waals surface area contributed by atoms with Crippen molar-refractivity contribution in [2.75, 3.05) is 7.11 Å². The Morgan fingerprint density at radius 1 is 1.53 bits per heavy atom. The fourth-order valence-electron chi connectivity index (χ4n) is 1.38. The lowest BCUT2D eigenvalue weighted by molar-refractivity contribution is 0.193. The van der Waals surface area contributed by atoms with E-state index in [0.29, 0.717) is 10.9 Å². The van der Waals surface area contributed by atoms with Gasteiger partial charge < -0.3 is 14.9 Å². The highest BCUT2D eigenvalue weighted by atomic mass is 16.5. The van der Waals surface area contributed by atoms with E-state index in [4.69, 9.17) is 9.84 Å². The van der Waals surface area contributed by atoms with Gasteiger partial charge in [-0.3, -0.25) is 0 Å². The number of phenols is 1. The molecule has 0 aliphatic heterocycles. The second kappa shape index (κ2) is 3.16. The summed E-state index contributed by atoms with van der Waals surface area (Å²) in [4.78, 5) is 10.8. The summed E-state index contributed by atoms with van der Waals surface area (Å²) in [6, 6.07) is 4.26. The number of nitrogens with zero attached hydrogens (tertiary/aromatic N) is 2. The standard InChI is InChI=1S/C9H8N2O4/c1-15-8-6-4-5(12)2-3-7(6)11(10-8)9(13)14/h2-4,12H,1H3,(H,13,14). The highest BCUT2D eigenvalue weighted by Crippen LogP contribution is 2.27. The Balaban J connectivity index is 2.81. The molecule has 1 heterocycles. The van der Waals surface area contributed by atoms with Crippen molar-refractivity contribution in [2.24, 2.45) is 0 Å². The molecule has 0 aliphatic rings. The minimum atomic E-state index is -1.20. The van der Waals surface area contributed by atoms with Crippen LogP contribution in [-0.2, 0) is 0 Å². The van der Waals surface area contributed by atoms with E-state index in [-0.39, 0.29) is 11.6 Å². The first-order valence-electron chi connectivity index (χ1n) is 4.12. The molecule has 15 heavy (non-hydrogen) atoms. The second-order valence-electron chi connectivity index (χ2n) is 2.91. The molecule has 78 valence electrons. The third kappa shape index (κ3) is 1.35. The molecule has 6 heteroatoms. The molecule has 0 bridgehead atoms. The predicted molar refractivity (Wildman–Crippen MR) is 51.4 cm³/mol. The van der Waals surface area contributed by atoms with Gasteiger partial charge >= 0.3 is 6.09 Å². The Bertz CT molecular complexity index is 532. The number of methoxy groups -OCH3 is 1. The Morgan fingerprint density at radius 3 is 2.87 bits per heavy atom. The van der Waals surface area contributed by atoms with Gasteiger partial charge in [-0.25, -0.2) is 4.79 Å². The third-order valence-corrected chi connectivity index (χ3v) is 2.00. The van der Waals surface area contributed by atoms with Crippen LogP contribution in [0.15, 0.2) is 18.2 Å². The van der Waals surface area contributed by atoms with Gasteiger partial charge in [0.05, 0.1) is 18.0 Å². The molecule has 6 nitrogen and oxygen atoms in total. The minimum Gasteiger partial charge on any atom is -0.508 e. The van der Waals surface area contributed by atoms with Gasteiger partial charge in [0.2, 0.25) is 5.88 Å². The fourth-order valence-corrected chi connectivity index (χ4v) is 1.38. The van der Waals surface area contributed by atoms with Crippen molar-refractivity contribution < 1.29 is 19.7 Å². The van der Waals surface area contributed by atoms with Gasteiger partial charge in [-0.15, -0.1) is 5.10 Å². The van der Waals surface area contributed by atoms with Crippen LogP contribution in [0.3, 0.4) is 0 Å². The van der Waals surface area contributed by atoms with Crippen LogP contribution in [0.1, 0.15) is 0 Å². The number of fused-ring (bicyclic) bond motifs is 1. The Morgan fingerprint density at radius 2 is 2.27 bits per heavy atom. The zero-order chi connectivity index (χ0) is 11.0. The van der Waals surface area contributed by atoms with E-state index in [1.807, 2.05) is 0 Å². The number of carboxylic acid groups (broad SMARTS) is 1. The van der Waals surface area contributed by atoms with Crippen molar-refractivity contribution in [1.82, 2.24) is 9.78 Å². The Hall–Kier alpha value is -2.24. The van der Waals surface area contributed by atoms with Gasteiger partial charge in [0.15, 0.2) is 0 Å². The molecule has 0 spiro atoms. The van der Waals surface area contributed by atoms with Crippen LogP contribution in [0, 0.1) is 0 Å². The van der Waals surface area contributed by atoms with Crippen LogP contribution in [0.4, 0.5) is 4.79 Å². The zero-order valence-electron chi connectivity index (χ0n) is 7.84. The zero-order valence-corrected chi connectivity index (χ0v) is 7.84. The molecule has 2 aromatic rings. The highest BCUT2D eigenvalue weighted by Gasteiger charge is 2.15. The van der Waals surface area contributed by atoms with Crippen LogP contribution in [0.2, 0.25) is 0 Å². The van der Waals surface area contributed by atoms with Gasteiger partial charge in [0, 0.05) is 0 Å². The number of carbonyl (C=O) groups is 1. The lowest BCUT2D eigenvalue weighted by atomic mass is 10.2. The van der Waals surface area contributed by atoms with E-state index in [1.54, 1.807) is 0 Å². The number of benzene rings is 1. The number of phenolic OH excluding ortho intramolecular Hbond substituents is 1. The lowest BCUT2D eigenvalue weighted by Gasteiger charge is -1.95. The molecule has 0 radical (unpaired) electrons. The maximum absolute atomic E-state index is 10.8. The van der Waals surface area contributed by atoms with Gasteiger partial charge in [-0.05, 0) is 18.2 Å². The number of hydrogen-bond acceptors (Lipinski definition) is 4. The minimum absolute atomic E-state index is 0.0331. The molecule has 0 atom stereocenters. The summed E-state index contributed by atoms with van der Waals surface area (Å²) in [7, 11) is 1.39. The molecule has 0 saturated carbocycles. The van der Waals surface area contributed by atoms with Crippen molar-refractivity contribution in [1.29, 1.82) is 0 Å². The highest BCUT2D eigenvalue weighted by molar-refractivity contribution is 5.91. The first-order valence-corrected chi connectivity index (χ1v) is 4.12. The summed E-state index contributed by atoms with van der Waals surface area (Å²) < 4.78 is 5.71. The smallest absolute Gasteiger partial charge is 0.432 e. The summed E-state index contributed by atoms with van der Waals surface area (Å²) in [5.41, 5.74) is 0.372. The summed E-state index contributed by atoms with van der Waals surface area (Å²) >= 11 is 0. The third-order valence-electron chi connectivity index (χ3n) is 2.00. The van der Waals surface area contributed by atoms with Crippen molar-refractivity contribution in [3.63, 3.8) is 0 Å². The van der Waals surface area contributed by atoms with Gasteiger partial charge in [-0.1, -0.05) is 0 Å². The van der Waals surface area contributed by atoms with E-state index in [2.05, 4.69) is 5.10 Å². The van der Waals surface area contributed by atoms with Crippen LogP contribution in [0.25, 0.3) is 10.9 Å². The largest absolute Gasteiger partial charge is 0.508 e. The van der Waals surface area contributed by atoms with Crippen LogP contribution in [0.5, 0.6) is 11.6 Å². The van der Waals surface area contributed by atoms with Crippen molar-refractivity contribution in [3.05, 3.63) is 18.2 Å². The first kappa shape index (κ1) is 9.32. The van der Waals surface area contributed by atoms with Gasteiger partial charge in [-0.2, -0.15) is 4.68 Å². The van der Waals surface area contributed by atoms with E-state index < -0.39 is 6.09 Å². The van der Waals surface area contributed by atoms with E-state index in [9.17, 15) is 9.90 Å². The molecule has 1 aromatic carbocycles. The monoisotopic (exact) mass is 208 g/mol. The predicted octanol–water partition coefficient (Wildman–Crippen LogP) is 1.28. The number of hydrogen-bond donors (Lipinski definition) is 2. The molecule has 0 unspecified atom stereocenters. The topological polar surface area (TPSA) is 84.6 Å². The van der Waals surface area contributed by atoms with Gasteiger partial charge in [0.25, 0.3) is 0 Å². The molecular weight excluding hydrogens is 200 g/mol. The summed E-state index contributed by atoms with van der Waals surface area (Å²) in [6.45, 7) is 0. The number of aromatic nitrogens is 2. The normalized spacial score (nSPS) is 10.5. The van der Waals surface area contributed by atoms with E-state index >= 15 is 0 Å². The van der Waals surface area contributed by atoms with Crippen LogP contribution >= 0.6 is 0 Å². The molecule has 1 aromatic heterocycles. The summed E-state index contributed by atoms with van der Waals surface area (Å²) in [5.74, 6) is 0.203. The van der Waals surface area contributed by atoms with Crippen molar-refractivity contribution in [3.8, 4) is 11.6 Å². The molecule has 0 amide bonds. The number of aromatic hydroxyl groups is 1. The van der Waals surface area contributed by atoms with E-state index in [1.165, 1.54) is 25.3 Å². The van der Waals surface area contributed by atoms with Crippen molar-refractivity contribution in [2.45, 2.75) is 0 Å². The number of ether oxygens (including phenoxy) is 1. The summed E-state index contributed by atoms with van der Waals surface area (Å²) in [6.07, 6.45) is -1.20. The fraction of sp³-hybridized carbons (Fsp3) is 0.111. The number of rotatable bonds is 1. The maximum Gasteiger partial charge on any atom is 0.432 e. The second-order valence-corrected chi connectivity index (χ2v) is 2.91. The quantitative estimate of drug-likeness (QED) is 0.737. The van der Waals surface area contributed by atoms with Crippen molar-refractivity contribution >= 4 is 17.0 Å². The maximum atomic E-state index is 10.8. The molecular formula is C9H8N2O4.